The molecule has 2 aliphatic rings. The number of allylic oxidation sites excluding steroid dienone is 2. The molecule has 162 valence electrons. The van der Waals surface area contributed by atoms with Crippen LogP contribution in [0.3, 0.4) is 0 Å². The Kier molecular flexibility index (Phi) is 5.61. The summed E-state index contributed by atoms with van der Waals surface area (Å²) in [5.74, 6) is -0.123. The van der Waals surface area contributed by atoms with Crippen LogP contribution in [0.1, 0.15) is 41.9 Å². The lowest BCUT2D eigenvalue weighted by atomic mass is 9.76. The molecule has 2 N–H and O–H groups in total. The Morgan fingerprint density at radius 2 is 1.97 bits per heavy atom. The van der Waals surface area contributed by atoms with Crippen molar-refractivity contribution < 1.29 is 9.18 Å². The van der Waals surface area contributed by atoms with E-state index in [2.05, 4.69) is 15.3 Å². The van der Waals surface area contributed by atoms with Crippen LogP contribution in [0.4, 0.5) is 10.2 Å². The second kappa shape index (κ2) is 8.56. The summed E-state index contributed by atoms with van der Waals surface area (Å²) < 4.78 is 14.0. The van der Waals surface area contributed by atoms with E-state index in [1.54, 1.807) is 12.1 Å². The molecule has 8 heteroatoms. The molecule has 0 saturated heterocycles. The average molecular weight is 468 g/mol. The summed E-state index contributed by atoms with van der Waals surface area (Å²) in [5.41, 5.74) is 2.81. The third-order valence-electron chi connectivity index (χ3n) is 5.74. The van der Waals surface area contributed by atoms with Crippen LogP contribution in [0.2, 0.25) is 5.02 Å². The molecular formula is C24H19ClFN3O2S. The SMILES string of the molecule is O=C1CCCC2=C1C(c1cccc(F)c1)c1c(nc(SCc3ccccc3Cl)[nH]c1=O)N2. The molecule has 3 aromatic rings. The maximum atomic E-state index is 14.0. The smallest absolute Gasteiger partial charge is 0.257 e. The van der Waals surface area contributed by atoms with Crippen molar-refractivity contribution in [3.63, 3.8) is 0 Å². The summed E-state index contributed by atoms with van der Waals surface area (Å²) in [4.78, 5) is 33.5. The van der Waals surface area contributed by atoms with Crippen molar-refractivity contribution in [3.05, 3.63) is 97.7 Å². The summed E-state index contributed by atoms with van der Waals surface area (Å²) in [7, 11) is 0. The number of benzene rings is 2. The molecule has 0 spiro atoms. The van der Waals surface area contributed by atoms with Gasteiger partial charge in [0.1, 0.15) is 11.6 Å². The van der Waals surface area contributed by atoms with Gasteiger partial charge in [0.25, 0.3) is 5.56 Å². The van der Waals surface area contributed by atoms with Gasteiger partial charge in [-0.2, -0.15) is 0 Å². The van der Waals surface area contributed by atoms with Crippen LogP contribution in [0, 0.1) is 5.82 Å². The number of ketones is 1. The number of H-pyrrole nitrogens is 1. The number of anilines is 1. The Labute approximate surface area is 193 Å². The van der Waals surface area contributed by atoms with E-state index >= 15 is 0 Å². The summed E-state index contributed by atoms with van der Waals surface area (Å²) in [5, 5.41) is 4.33. The molecule has 5 nitrogen and oxygen atoms in total. The van der Waals surface area contributed by atoms with Crippen LogP contribution in [-0.2, 0) is 10.5 Å². The van der Waals surface area contributed by atoms with E-state index in [1.807, 2.05) is 24.3 Å². The zero-order chi connectivity index (χ0) is 22.2. The molecule has 2 aromatic carbocycles. The second-order valence-corrected chi connectivity index (χ2v) is 9.17. The molecule has 0 radical (unpaired) electrons. The van der Waals surface area contributed by atoms with Crippen molar-refractivity contribution in [2.45, 2.75) is 36.1 Å². The number of halogens is 2. The van der Waals surface area contributed by atoms with E-state index in [-0.39, 0.29) is 11.3 Å². The molecule has 0 amide bonds. The zero-order valence-corrected chi connectivity index (χ0v) is 18.5. The molecule has 1 unspecified atom stereocenters. The van der Waals surface area contributed by atoms with Gasteiger partial charge in [0.05, 0.1) is 5.56 Å². The maximum Gasteiger partial charge on any atom is 0.257 e. The fraction of sp³-hybridized carbons (Fsp3) is 0.208. The Bertz CT molecular complexity index is 1320. The Morgan fingerprint density at radius 3 is 2.78 bits per heavy atom. The highest BCUT2D eigenvalue weighted by Gasteiger charge is 2.37. The standard InChI is InChI=1S/C24H19ClFN3O2S/c25-16-8-2-1-5-14(16)12-32-24-28-22-21(23(31)29-24)19(13-6-3-7-15(26)11-13)20-17(27-22)9-4-10-18(20)30/h1-3,5-8,11,19H,4,9-10,12H2,(H2,27,28,29,31). The third-order valence-corrected chi connectivity index (χ3v) is 7.03. The maximum absolute atomic E-state index is 14.0. The number of thioether (sulfide) groups is 1. The van der Waals surface area contributed by atoms with Crippen molar-refractivity contribution in [3.8, 4) is 0 Å². The highest BCUT2D eigenvalue weighted by Crippen LogP contribution is 2.43. The van der Waals surface area contributed by atoms with Crippen LogP contribution in [0.15, 0.2) is 69.8 Å². The Morgan fingerprint density at radius 1 is 1.12 bits per heavy atom. The van der Waals surface area contributed by atoms with Gasteiger partial charge in [0, 0.05) is 34.4 Å². The van der Waals surface area contributed by atoms with Crippen molar-refractivity contribution in [2.75, 3.05) is 5.32 Å². The normalized spacial score (nSPS) is 17.6. The molecular weight excluding hydrogens is 449 g/mol. The minimum atomic E-state index is -0.649. The molecule has 32 heavy (non-hydrogen) atoms. The first-order valence-electron chi connectivity index (χ1n) is 10.3. The van der Waals surface area contributed by atoms with Gasteiger partial charge in [-0.1, -0.05) is 53.7 Å². The number of Topliss-reactive ketones (excluding diaryl/α,β-unsaturated/α-hetero) is 1. The van der Waals surface area contributed by atoms with Gasteiger partial charge in [-0.05, 0) is 42.2 Å². The predicted molar refractivity (Wildman–Crippen MR) is 124 cm³/mol. The summed E-state index contributed by atoms with van der Waals surface area (Å²) >= 11 is 7.61. The molecule has 0 saturated carbocycles. The molecule has 2 heterocycles. The minimum absolute atomic E-state index is 0.0183. The van der Waals surface area contributed by atoms with Gasteiger partial charge in [-0.3, -0.25) is 9.59 Å². The van der Waals surface area contributed by atoms with E-state index in [9.17, 15) is 14.0 Å². The number of aromatic nitrogens is 2. The van der Waals surface area contributed by atoms with Gasteiger partial charge < -0.3 is 10.3 Å². The highest BCUT2D eigenvalue weighted by molar-refractivity contribution is 7.98. The number of aromatic amines is 1. The van der Waals surface area contributed by atoms with E-state index < -0.39 is 11.7 Å². The number of nitrogens with zero attached hydrogens (tertiary/aromatic N) is 1. The molecule has 1 aliphatic heterocycles. The fourth-order valence-electron chi connectivity index (χ4n) is 4.29. The molecule has 1 aliphatic carbocycles. The zero-order valence-electron chi connectivity index (χ0n) is 17.0. The molecule has 1 aromatic heterocycles. The van der Waals surface area contributed by atoms with Crippen molar-refractivity contribution in [1.82, 2.24) is 9.97 Å². The van der Waals surface area contributed by atoms with Gasteiger partial charge >= 0.3 is 0 Å². The van der Waals surface area contributed by atoms with Crippen LogP contribution in [0.25, 0.3) is 0 Å². The molecule has 0 bridgehead atoms. The first-order chi connectivity index (χ1) is 15.5. The van der Waals surface area contributed by atoms with Gasteiger partial charge in [-0.15, -0.1) is 0 Å². The van der Waals surface area contributed by atoms with E-state index in [1.165, 1.54) is 23.9 Å². The number of carbonyl (C=O) groups excluding carboxylic acids is 1. The first kappa shape index (κ1) is 21.0. The molecule has 5 rings (SSSR count). The van der Waals surface area contributed by atoms with Crippen LogP contribution in [-0.4, -0.2) is 15.8 Å². The van der Waals surface area contributed by atoms with E-state index in [4.69, 9.17) is 11.6 Å². The number of hydrogen-bond acceptors (Lipinski definition) is 5. The number of fused-ring (bicyclic) bond motifs is 1. The number of hydrogen-bond donors (Lipinski definition) is 2. The highest BCUT2D eigenvalue weighted by atomic mass is 35.5. The summed E-state index contributed by atoms with van der Waals surface area (Å²) in [6, 6.07) is 13.6. The quantitative estimate of drug-likeness (QED) is 0.396. The Hall–Kier alpha value is -2.90. The summed E-state index contributed by atoms with van der Waals surface area (Å²) in [6.45, 7) is 0. The average Bonchev–Trinajstić information content (AvgIpc) is 2.77. The number of carbonyl (C=O) groups is 1. The second-order valence-electron chi connectivity index (χ2n) is 7.80. The lowest BCUT2D eigenvalue weighted by Crippen LogP contribution is -2.32. The van der Waals surface area contributed by atoms with Crippen molar-refractivity contribution >= 4 is 35.0 Å². The Balaban J connectivity index is 1.57. The van der Waals surface area contributed by atoms with Gasteiger partial charge in [0.15, 0.2) is 10.9 Å². The van der Waals surface area contributed by atoms with Crippen LogP contribution in [0.5, 0.6) is 0 Å². The van der Waals surface area contributed by atoms with Crippen molar-refractivity contribution in [1.29, 1.82) is 0 Å². The van der Waals surface area contributed by atoms with E-state index in [0.29, 0.717) is 51.3 Å². The number of rotatable bonds is 4. The lowest BCUT2D eigenvalue weighted by molar-refractivity contribution is -0.116. The molecule has 1 atom stereocenters. The monoisotopic (exact) mass is 467 g/mol. The van der Waals surface area contributed by atoms with Gasteiger partial charge in [0.2, 0.25) is 0 Å². The fourth-order valence-corrected chi connectivity index (χ4v) is 5.44. The van der Waals surface area contributed by atoms with Crippen molar-refractivity contribution in [2.24, 2.45) is 0 Å². The van der Waals surface area contributed by atoms with Crippen LogP contribution >= 0.6 is 23.4 Å². The molecule has 0 fully saturated rings. The van der Waals surface area contributed by atoms with E-state index in [0.717, 1.165) is 17.7 Å². The summed E-state index contributed by atoms with van der Waals surface area (Å²) in [6.07, 6.45) is 1.83. The lowest BCUT2D eigenvalue weighted by Gasteiger charge is -2.32. The van der Waals surface area contributed by atoms with Gasteiger partial charge in [-0.25, -0.2) is 9.37 Å². The first-order valence-corrected chi connectivity index (χ1v) is 11.7. The predicted octanol–water partition coefficient (Wildman–Crippen LogP) is 5.42. The third kappa shape index (κ3) is 3.87. The number of nitrogens with one attached hydrogen (secondary N) is 2. The minimum Gasteiger partial charge on any atom is -0.343 e. The largest absolute Gasteiger partial charge is 0.343 e. The topological polar surface area (TPSA) is 74.8 Å². The van der Waals surface area contributed by atoms with Crippen LogP contribution < -0.4 is 10.9 Å².